The second-order valence-electron chi connectivity index (χ2n) is 6.02. The Morgan fingerprint density at radius 1 is 1.20 bits per heavy atom. The normalized spacial score (nSPS) is 12.0. The van der Waals surface area contributed by atoms with Crippen LogP contribution in [-0.4, -0.2) is 20.1 Å². The van der Waals surface area contributed by atoms with Gasteiger partial charge >= 0.3 is 0 Å². The van der Waals surface area contributed by atoms with Crippen LogP contribution < -0.4 is 15.0 Å². The van der Waals surface area contributed by atoms with E-state index < -0.39 is 0 Å². The average molecular weight is 338 g/mol. The third kappa shape index (κ3) is 3.45. The zero-order chi connectivity index (χ0) is 18.0. The van der Waals surface area contributed by atoms with Crippen molar-refractivity contribution >= 4 is 28.3 Å². The van der Waals surface area contributed by atoms with Gasteiger partial charge in [-0.05, 0) is 37.3 Å². The predicted octanol–water partition coefficient (Wildman–Crippen LogP) is 4.60. The SMILES string of the molecule is COc1cccc2cc(C(C)Nc3cccc(N(C)C(C)=O)c3)oc12. The molecule has 25 heavy (non-hydrogen) atoms. The van der Waals surface area contributed by atoms with Crippen LogP contribution in [0.1, 0.15) is 25.6 Å². The topological polar surface area (TPSA) is 54.7 Å². The van der Waals surface area contributed by atoms with Crippen LogP contribution in [0.3, 0.4) is 0 Å². The molecule has 0 spiro atoms. The third-order valence-corrected chi connectivity index (χ3v) is 4.26. The lowest BCUT2D eigenvalue weighted by Crippen LogP contribution is -2.22. The van der Waals surface area contributed by atoms with E-state index in [4.69, 9.17) is 9.15 Å². The Balaban J connectivity index is 1.84. The Kier molecular flexibility index (Phi) is 4.65. The molecule has 1 N–H and O–H groups in total. The van der Waals surface area contributed by atoms with Gasteiger partial charge in [-0.25, -0.2) is 0 Å². The molecule has 5 heteroatoms. The summed E-state index contributed by atoms with van der Waals surface area (Å²) in [5, 5.41) is 4.43. The summed E-state index contributed by atoms with van der Waals surface area (Å²) in [7, 11) is 3.39. The van der Waals surface area contributed by atoms with E-state index in [9.17, 15) is 4.79 Å². The van der Waals surface area contributed by atoms with E-state index in [-0.39, 0.29) is 11.9 Å². The molecule has 1 unspecified atom stereocenters. The molecule has 0 bridgehead atoms. The molecule has 1 aromatic heterocycles. The lowest BCUT2D eigenvalue weighted by Gasteiger charge is -2.18. The number of carbonyl (C=O) groups is 1. The Labute approximate surface area is 147 Å². The zero-order valence-electron chi connectivity index (χ0n) is 14.9. The molecule has 1 amide bonds. The third-order valence-electron chi connectivity index (χ3n) is 4.26. The minimum Gasteiger partial charge on any atom is -0.493 e. The number of hydrogen-bond donors (Lipinski definition) is 1. The minimum absolute atomic E-state index is 0.00502. The van der Waals surface area contributed by atoms with E-state index in [1.165, 1.54) is 0 Å². The fraction of sp³-hybridized carbons (Fsp3) is 0.250. The Hall–Kier alpha value is -2.95. The van der Waals surface area contributed by atoms with Crippen LogP contribution in [0.2, 0.25) is 0 Å². The van der Waals surface area contributed by atoms with Crippen LogP contribution in [0.25, 0.3) is 11.0 Å². The number of rotatable bonds is 5. The molecule has 0 aliphatic heterocycles. The molecule has 1 heterocycles. The molecule has 3 rings (SSSR count). The molecule has 0 saturated carbocycles. The number of ether oxygens (including phenoxy) is 1. The van der Waals surface area contributed by atoms with Crippen molar-refractivity contribution in [2.45, 2.75) is 19.9 Å². The number of fused-ring (bicyclic) bond motifs is 1. The van der Waals surface area contributed by atoms with Crippen molar-refractivity contribution in [3.05, 3.63) is 54.3 Å². The van der Waals surface area contributed by atoms with Crippen LogP contribution in [-0.2, 0) is 4.79 Å². The highest BCUT2D eigenvalue weighted by molar-refractivity contribution is 5.91. The fourth-order valence-corrected chi connectivity index (χ4v) is 2.74. The van der Waals surface area contributed by atoms with Crippen LogP contribution in [0, 0.1) is 0 Å². The summed E-state index contributed by atoms with van der Waals surface area (Å²) in [6.45, 7) is 3.58. The minimum atomic E-state index is -0.0324. The number of amides is 1. The number of benzene rings is 2. The Morgan fingerprint density at radius 2 is 1.96 bits per heavy atom. The number of nitrogens with one attached hydrogen (secondary N) is 1. The van der Waals surface area contributed by atoms with Gasteiger partial charge in [-0.15, -0.1) is 0 Å². The van der Waals surface area contributed by atoms with Crippen molar-refractivity contribution in [1.82, 2.24) is 0 Å². The van der Waals surface area contributed by atoms with Crippen molar-refractivity contribution in [2.24, 2.45) is 0 Å². The summed E-state index contributed by atoms with van der Waals surface area (Å²) in [5.74, 6) is 1.54. The number of para-hydroxylation sites is 1. The summed E-state index contributed by atoms with van der Waals surface area (Å²) in [6.07, 6.45) is 0. The first-order valence-electron chi connectivity index (χ1n) is 8.17. The first kappa shape index (κ1) is 16.9. The van der Waals surface area contributed by atoms with Gasteiger partial charge in [0.1, 0.15) is 5.76 Å². The maximum atomic E-state index is 11.5. The van der Waals surface area contributed by atoms with Crippen molar-refractivity contribution in [1.29, 1.82) is 0 Å². The second kappa shape index (κ2) is 6.89. The van der Waals surface area contributed by atoms with Crippen LogP contribution >= 0.6 is 0 Å². The number of carbonyl (C=O) groups excluding carboxylic acids is 1. The molecular formula is C20H22N2O3. The lowest BCUT2D eigenvalue weighted by atomic mass is 10.2. The van der Waals surface area contributed by atoms with Gasteiger partial charge in [-0.3, -0.25) is 4.79 Å². The smallest absolute Gasteiger partial charge is 0.223 e. The van der Waals surface area contributed by atoms with Gasteiger partial charge in [0.2, 0.25) is 5.91 Å². The number of nitrogens with zero attached hydrogens (tertiary/aromatic N) is 1. The van der Waals surface area contributed by atoms with Crippen molar-refractivity contribution in [2.75, 3.05) is 24.4 Å². The standard InChI is InChI=1S/C20H22N2O3/c1-13(19-11-15-7-5-10-18(24-4)20(15)25-19)21-16-8-6-9-17(12-16)22(3)14(2)23/h5-13,21H,1-4H3. The lowest BCUT2D eigenvalue weighted by molar-refractivity contribution is -0.116. The summed E-state index contributed by atoms with van der Waals surface area (Å²) >= 11 is 0. The van der Waals surface area contributed by atoms with Crippen molar-refractivity contribution in [3.8, 4) is 5.75 Å². The van der Waals surface area contributed by atoms with Gasteiger partial charge in [-0.2, -0.15) is 0 Å². The predicted molar refractivity (Wildman–Crippen MR) is 100 cm³/mol. The molecule has 130 valence electrons. The largest absolute Gasteiger partial charge is 0.493 e. The molecule has 0 radical (unpaired) electrons. The number of furan rings is 1. The monoisotopic (exact) mass is 338 g/mol. The Bertz CT molecular complexity index is 901. The molecule has 0 fully saturated rings. The highest BCUT2D eigenvalue weighted by Crippen LogP contribution is 2.32. The van der Waals surface area contributed by atoms with E-state index in [0.29, 0.717) is 0 Å². The highest BCUT2D eigenvalue weighted by Gasteiger charge is 2.14. The zero-order valence-corrected chi connectivity index (χ0v) is 14.9. The molecule has 3 aromatic rings. The van der Waals surface area contributed by atoms with Gasteiger partial charge in [-0.1, -0.05) is 18.2 Å². The van der Waals surface area contributed by atoms with Gasteiger partial charge in [0.25, 0.3) is 0 Å². The summed E-state index contributed by atoms with van der Waals surface area (Å²) in [4.78, 5) is 13.2. The van der Waals surface area contributed by atoms with E-state index in [1.807, 2.05) is 55.5 Å². The number of methoxy groups -OCH3 is 1. The van der Waals surface area contributed by atoms with Gasteiger partial charge in [0, 0.05) is 30.7 Å². The van der Waals surface area contributed by atoms with Crippen molar-refractivity contribution < 1.29 is 13.9 Å². The van der Waals surface area contributed by atoms with E-state index >= 15 is 0 Å². The molecule has 0 aliphatic carbocycles. The van der Waals surface area contributed by atoms with Crippen molar-refractivity contribution in [3.63, 3.8) is 0 Å². The Morgan fingerprint density at radius 3 is 2.68 bits per heavy atom. The molecule has 2 aromatic carbocycles. The van der Waals surface area contributed by atoms with Gasteiger partial charge in [0.05, 0.1) is 13.2 Å². The number of anilines is 2. The maximum Gasteiger partial charge on any atom is 0.223 e. The molecular weight excluding hydrogens is 316 g/mol. The quantitative estimate of drug-likeness (QED) is 0.739. The van der Waals surface area contributed by atoms with Crippen LogP contribution in [0.4, 0.5) is 11.4 Å². The fourth-order valence-electron chi connectivity index (χ4n) is 2.74. The van der Waals surface area contributed by atoms with Crippen LogP contribution in [0.5, 0.6) is 5.75 Å². The summed E-state index contributed by atoms with van der Waals surface area (Å²) in [6, 6.07) is 15.6. The first-order valence-corrected chi connectivity index (χ1v) is 8.17. The van der Waals surface area contributed by atoms with Gasteiger partial charge < -0.3 is 19.4 Å². The molecule has 1 atom stereocenters. The van der Waals surface area contributed by atoms with Gasteiger partial charge in [0.15, 0.2) is 11.3 Å². The maximum absolute atomic E-state index is 11.5. The summed E-state index contributed by atoms with van der Waals surface area (Å²) in [5.41, 5.74) is 2.51. The average Bonchev–Trinajstić information content (AvgIpc) is 3.05. The van der Waals surface area contributed by atoms with E-state index in [2.05, 4.69) is 5.32 Å². The highest BCUT2D eigenvalue weighted by atomic mass is 16.5. The summed E-state index contributed by atoms with van der Waals surface area (Å²) < 4.78 is 11.3. The van der Waals surface area contributed by atoms with Crippen LogP contribution in [0.15, 0.2) is 52.9 Å². The second-order valence-corrected chi connectivity index (χ2v) is 6.02. The molecule has 5 nitrogen and oxygen atoms in total. The number of hydrogen-bond acceptors (Lipinski definition) is 4. The van der Waals surface area contributed by atoms with E-state index in [1.54, 1.807) is 26.0 Å². The molecule has 0 saturated heterocycles. The molecule has 0 aliphatic rings. The first-order chi connectivity index (χ1) is 12.0. The van der Waals surface area contributed by atoms with E-state index in [0.717, 1.165) is 33.9 Å².